The van der Waals surface area contributed by atoms with Crippen molar-refractivity contribution in [3.05, 3.63) is 47.1 Å². The maximum Gasteiger partial charge on any atom is 0.301 e. The molecule has 0 aliphatic heterocycles. The highest BCUT2D eigenvalue weighted by atomic mass is 35.5. The van der Waals surface area contributed by atoms with Crippen molar-refractivity contribution in [3.63, 3.8) is 0 Å². The van der Waals surface area contributed by atoms with Crippen molar-refractivity contribution in [2.24, 2.45) is 5.84 Å². The van der Waals surface area contributed by atoms with Crippen LogP contribution in [-0.2, 0) is 6.61 Å². The molecule has 7 heteroatoms. The molecule has 6 nitrogen and oxygen atoms in total. The molecule has 94 valence electrons. The van der Waals surface area contributed by atoms with Crippen LogP contribution in [0, 0.1) is 0 Å². The van der Waals surface area contributed by atoms with Gasteiger partial charge in [-0.1, -0.05) is 11.6 Å². The number of carbonyl (C=O) groups excluding carboxylic acids is 1. The van der Waals surface area contributed by atoms with Crippen LogP contribution >= 0.6 is 11.6 Å². The van der Waals surface area contributed by atoms with E-state index in [0.717, 1.165) is 0 Å². The number of hydrogen-bond donors (Lipinski definition) is 2. The summed E-state index contributed by atoms with van der Waals surface area (Å²) in [6.45, 7) is 0.154. The normalized spacial score (nSPS) is 10.1. The number of rotatable bonds is 4. The average Bonchev–Trinajstić information content (AvgIpc) is 2.84. The Kier molecular flexibility index (Phi) is 3.81. The topological polar surface area (TPSA) is 90.4 Å². The Morgan fingerprint density at radius 2 is 2.39 bits per heavy atom. The molecule has 0 aliphatic rings. The van der Waals surface area contributed by atoms with Crippen LogP contribution in [-0.4, -0.2) is 10.9 Å². The quantitative estimate of drug-likeness (QED) is 0.498. The minimum atomic E-state index is -0.511. The summed E-state index contributed by atoms with van der Waals surface area (Å²) in [5.41, 5.74) is 2.57. The van der Waals surface area contributed by atoms with Crippen molar-refractivity contribution in [1.29, 1.82) is 0 Å². The number of pyridine rings is 1. The van der Waals surface area contributed by atoms with E-state index in [2.05, 4.69) is 4.98 Å². The minimum absolute atomic E-state index is 0.118. The van der Waals surface area contributed by atoms with Gasteiger partial charge in [0, 0.05) is 17.8 Å². The number of ether oxygens (including phenoxy) is 1. The molecule has 0 atom stereocenters. The van der Waals surface area contributed by atoms with Crippen molar-refractivity contribution in [3.8, 4) is 5.75 Å². The lowest BCUT2D eigenvalue weighted by Crippen LogP contribution is -2.30. The van der Waals surface area contributed by atoms with E-state index in [1.54, 1.807) is 12.1 Å². The molecule has 0 saturated heterocycles. The Morgan fingerprint density at radius 1 is 1.56 bits per heavy atom. The summed E-state index contributed by atoms with van der Waals surface area (Å²) in [4.78, 5) is 15.2. The van der Waals surface area contributed by atoms with Crippen LogP contribution in [0.3, 0.4) is 0 Å². The van der Waals surface area contributed by atoms with Crippen LogP contribution in [0.2, 0.25) is 5.02 Å². The summed E-state index contributed by atoms with van der Waals surface area (Å²) in [6.07, 6.45) is 4.41. The van der Waals surface area contributed by atoms with E-state index in [4.69, 9.17) is 26.6 Å². The van der Waals surface area contributed by atoms with Crippen LogP contribution in [0.5, 0.6) is 5.75 Å². The molecule has 0 aliphatic carbocycles. The second-order valence-corrected chi connectivity index (χ2v) is 3.81. The first kappa shape index (κ1) is 12.4. The van der Waals surface area contributed by atoms with E-state index < -0.39 is 5.91 Å². The van der Waals surface area contributed by atoms with E-state index in [-0.39, 0.29) is 12.4 Å². The fourth-order valence-corrected chi connectivity index (χ4v) is 1.51. The van der Waals surface area contributed by atoms with Gasteiger partial charge in [-0.2, -0.15) is 0 Å². The van der Waals surface area contributed by atoms with Gasteiger partial charge in [-0.25, -0.2) is 5.84 Å². The van der Waals surface area contributed by atoms with Gasteiger partial charge in [-0.05, 0) is 6.07 Å². The Labute approximate surface area is 108 Å². The Balaban J connectivity index is 2.07. The molecule has 18 heavy (non-hydrogen) atoms. The van der Waals surface area contributed by atoms with E-state index in [9.17, 15) is 4.79 Å². The number of amides is 1. The van der Waals surface area contributed by atoms with Gasteiger partial charge in [0.25, 0.3) is 0 Å². The summed E-state index contributed by atoms with van der Waals surface area (Å²) in [6, 6.07) is 3.25. The molecule has 0 saturated carbocycles. The molecule has 0 aromatic carbocycles. The third-order valence-corrected chi connectivity index (χ3v) is 2.36. The lowest BCUT2D eigenvalue weighted by Gasteiger charge is -2.05. The van der Waals surface area contributed by atoms with Crippen molar-refractivity contribution < 1.29 is 13.9 Å². The molecule has 3 N–H and O–H groups in total. The Morgan fingerprint density at radius 3 is 3.11 bits per heavy atom. The van der Waals surface area contributed by atoms with E-state index in [0.29, 0.717) is 16.3 Å². The molecule has 2 rings (SSSR count). The molecule has 0 spiro atoms. The maximum absolute atomic E-state index is 11.3. The number of nitrogens with zero attached hydrogens (tertiary/aromatic N) is 1. The van der Waals surface area contributed by atoms with Gasteiger partial charge in [-0.3, -0.25) is 15.2 Å². The number of nitrogens with two attached hydrogens (primary N) is 1. The van der Waals surface area contributed by atoms with Gasteiger partial charge in [0.1, 0.15) is 12.4 Å². The SMILES string of the molecule is NNC(=O)c1occc1COc1cncc(Cl)c1. The highest BCUT2D eigenvalue weighted by molar-refractivity contribution is 6.30. The predicted molar refractivity (Wildman–Crippen MR) is 63.9 cm³/mol. The number of furan rings is 1. The summed E-state index contributed by atoms with van der Waals surface area (Å²) in [7, 11) is 0. The molecule has 0 fully saturated rings. The van der Waals surface area contributed by atoms with Crippen LogP contribution < -0.4 is 16.0 Å². The van der Waals surface area contributed by atoms with E-state index >= 15 is 0 Å². The monoisotopic (exact) mass is 267 g/mol. The van der Waals surface area contributed by atoms with E-state index in [1.807, 2.05) is 5.43 Å². The van der Waals surface area contributed by atoms with Crippen LogP contribution in [0.15, 0.2) is 35.2 Å². The van der Waals surface area contributed by atoms with Gasteiger partial charge in [0.2, 0.25) is 0 Å². The van der Waals surface area contributed by atoms with Crippen molar-refractivity contribution in [1.82, 2.24) is 10.4 Å². The Hall–Kier alpha value is -2.05. The molecule has 0 radical (unpaired) electrons. The van der Waals surface area contributed by atoms with Crippen molar-refractivity contribution in [2.75, 3.05) is 0 Å². The van der Waals surface area contributed by atoms with Gasteiger partial charge in [-0.15, -0.1) is 0 Å². The Bertz CT molecular complexity index is 556. The fourth-order valence-electron chi connectivity index (χ4n) is 1.35. The molecular formula is C11H10ClN3O3. The molecule has 2 aromatic rings. The number of nitrogens with one attached hydrogen (secondary N) is 1. The largest absolute Gasteiger partial charge is 0.487 e. The summed E-state index contributed by atoms with van der Waals surface area (Å²) in [5, 5.41) is 0.472. The highest BCUT2D eigenvalue weighted by Gasteiger charge is 2.14. The maximum atomic E-state index is 11.3. The first-order valence-corrected chi connectivity index (χ1v) is 5.39. The zero-order valence-electron chi connectivity index (χ0n) is 9.22. The molecule has 1 amide bonds. The van der Waals surface area contributed by atoms with Gasteiger partial charge >= 0.3 is 5.91 Å². The second-order valence-electron chi connectivity index (χ2n) is 3.38. The van der Waals surface area contributed by atoms with Crippen molar-refractivity contribution in [2.45, 2.75) is 6.61 Å². The van der Waals surface area contributed by atoms with Crippen LogP contribution in [0.1, 0.15) is 16.1 Å². The predicted octanol–water partition coefficient (Wildman–Crippen LogP) is 1.51. The number of aromatic nitrogens is 1. The number of nitrogen functional groups attached to an aromatic ring is 1. The minimum Gasteiger partial charge on any atom is -0.487 e. The summed E-state index contributed by atoms with van der Waals surface area (Å²) in [5.74, 6) is 5.14. The summed E-state index contributed by atoms with van der Waals surface area (Å²) < 4.78 is 10.5. The number of halogens is 1. The molecule has 0 bridgehead atoms. The smallest absolute Gasteiger partial charge is 0.301 e. The van der Waals surface area contributed by atoms with Gasteiger partial charge in [0.15, 0.2) is 5.76 Å². The second kappa shape index (κ2) is 5.52. The number of hydrazine groups is 1. The molecular weight excluding hydrogens is 258 g/mol. The van der Waals surface area contributed by atoms with Crippen LogP contribution in [0.25, 0.3) is 0 Å². The van der Waals surface area contributed by atoms with E-state index in [1.165, 1.54) is 18.7 Å². The zero-order valence-corrected chi connectivity index (χ0v) is 9.98. The molecule has 0 unspecified atom stereocenters. The highest BCUT2D eigenvalue weighted by Crippen LogP contribution is 2.18. The zero-order chi connectivity index (χ0) is 13.0. The van der Waals surface area contributed by atoms with Crippen molar-refractivity contribution >= 4 is 17.5 Å². The molecule has 2 aromatic heterocycles. The summed E-state index contributed by atoms with van der Waals surface area (Å²) >= 11 is 5.77. The molecule has 2 heterocycles. The van der Waals surface area contributed by atoms with Crippen LogP contribution in [0.4, 0.5) is 0 Å². The standard InChI is InChI=1S/C11H10ClN3O3/c12-8-3-9(5-14-4-8)18-6-7-1-2-17-10(7)11(16)15-13/h1-5H,6,13H2,(H,15,16). The lowest BCUT2D eigenvalue weighted by atomic mass is 10.2. The van der Waals surface area contributed by atoms with Gasteiger partial charge < -0.3 is 9.15 Å². The number of carbonyl (C=O) groups is 1. The third kappa shape index (κ3) is 2.79. The first-order chi connectivity index (χ1) is 8.70. The number of hydrogen-bond acceptors (Lipinski definition) is 5. The van der Waals surface area contributed by atoms with Gasteiger partial charge in [0.05, 0.1) is 17.5 Å². The fraction of sp³-hybridized carbons (Fsp3) is 0.0909. The average molecular weight is 268 g/mol. The third-order valence-electron chi connectivity index (χ3n) is 2.16. The lowest BCUT2D eigenvalue weighted by molar-refractivity contribution is 0.0922. The first-order valence-electron chi connectivity index (χ1n) is 5.01.